The Morgan fingerprint density at radius 3 is 1.83 bits per heavy atom. The normalized spacial score (nSPS) is 12.3. The minimum absolute atomic E-state index is 0.211. The lowest BCUT2D eigenvalue weighted by atomic mass is 9.86. The molecule has 30 heavy (non-hydrogen) atoms. The smallest absolute Gasteiger partial charge is 0.124 e. The molecule has 5 aromatic carbocycles. The molecule has 146 valence electrons. The second kappa shape index (κ2) is 7.33. The van der Waals surface area contributed by atoms with Crippen molar-refractivity contribution in [3.8, 4) is 16.9 Å². The third-order valence-electron chi connectivity index (χ3n) is 5.81. The van der Waals surface area contributed by atoms with Crippen LogP contribution in [0.1, 0.15) is 22.8 Å². The summed E-state index contributed by atoms with van der Waals surface area (Å²) in [6.45, 7) is 2.03. The van der Waals surface area contributed by atoms with Gasteiger partial charge in [0.25, 0.3) is 0 Å². The van der Waals surface area contributed by atoms with Crippen molar-refractivity contribution in [1.82, 2.24) is 0 Å². The summed E-state index contributed by atoms with van der Waals surface area (Å²) in [6, 6.07) is 31.8. The molecule has 0 aliphatic carbocycles. The summed E-state index contributed by atoms with van der Waals surface area (Å²) in [5, 5.41) is 26.4. The first-order chi connectivity index (χ1) is 14.6. The summed E-state index contributed by atoms with van der Waals surface area (Å²) in [4.78, 5) is 0. The Balaban J connectivity index is 1.87. The van der Waals surface area contributed by atoms with Gasteiger partial charge in [-0.1, -0.05) is 96.6 Å². The summed E-state index contributed by atoms with van der Waals surface area (Å²) >= 11 is 0. The first-order valence-corrected chi connectivity index (χ1v) is 10.1. The van der Waals surface area contributed by atoms with Gasteiger partial charge in [0.05, 0.1) is 0 Å². The van der Waals surface area contributed by atoms with Gasteiger partial charge in [-0.15, -0.1) is 0 Å². The van der Waals surface area contributed by atoms with Crippen LogP contribution in [-0.4, -0.2) is 10.2 Å². The number of aromatic hydroxyl groups is 1. The zero-order valence-corrected chi connectivity index (χ0v) is 16.7. The predicted molar refractivity (Wildman–Crippen MR) is 124 cm³/mol. The molecule has 5 rings (SSSR count). The van der Waals surface area contributed by atoms with E-state index in [4.69, 9.17) is 0 Å². The molecule has 0 spiro atoms. The largest absolute Gasteiger partial charge is 0.507 e. The van der Waals surface area contributed by atoms with Gasteiger partial charge in [-0.25, -0.2) is 0 Å². The van der Waals surface area contributed by atoms with Crippen LogP contribution < -0.4 is 0 Å². The van der Waals surface area contributed by atoms with Crippen LogP contribution in [0.4, 0.5) is 0 Å². The molecule has 2 nitrogen and oxygen atoms in total. The van der Waals surface area contributed by atoms with Gasteiger partial charge >= 0.3 is 0 Å². The number of hydrogen-bond acceptors (Lipinski definition) is 2. The van der Waals surface area contributed by atoms with E-state index in [9.17, 15) is 10.2 Å². The lowest BCUT2D eigenvalue weighted by molar-refractivity contribution is 0.221. The molecule has 0 saturated carbocycles. The van der Waals surface area contributed by atoms with Crippen LogP contribution in [0.25, 0.3) is 32.7 Å². The fourth-order valence-corrected chi connectivity index (χ4v) is 4.25. The number of benzene rings is 5. The molecule has 0 aliphatic rings. The molecule has 0 saturated heterocycles. The molecule has 2 heteroatoms. The topological polar surface area (TPSA) is 40.5 Å². The fourth-order valence-electron chi connectivity index (χ4n) is 4.25. The second-order valence-electron chi connectivity index (χ2n) is 7.74. The maximum absolute atomic E-state index is 11.4. The van der Waals surface area contributed by atoms with E-state index in [1.807, 2.05) is 85.8 Å². The molecule has 0 heterocycles. The number of phenolic OH excluding ortho intramolecular Hbond substituents is 1. The summed E-state index contributed by atoms with van der Waals surface area (Å²) in [7, 11) is 0. The van der Waals surface area contributed by atoms with Gasteiger partial charge < -0.3 is 10.2 Å². The second-order valence-corrected chi connectivity index (χ2v) is 7.74. The van der Waals surface area contributed by atoms with Crippen molar-refractivity contribution in [2.45, 2.75) is 13.0 Å². The van der Waals surface area contributed by atoms with Gasteiger partial charge in [0, 0.05) is 5.56 Å². The number of aliphatic hydroxyl groups is 1. The Kier molecular flexibility index (Phi) is 4.50. The Labute approximate surface area is 175 Å². The van der Waals surface area contributed by atoms with E-state index in [1.165, 1.54) is 0 Å². The van der Waals surface area contributed by atoms with Crippen LogP contribution in [0.15, 0.2) is 97.1 Å². The van der Waals surface area contributed by atoms with Crippen molar-refractivity contribution in [1.29, 1.82) is 0 Å². The first kappa shape index (κ1) is 18.4. The fraction of sp³-hybridized carbons (Fsp3) is 0.0714. The Bertz CT molecular complexity index is 1370. The van der Waals surface area contributed by atoms with Crippen molar-refractivity contribution < 1.29 is 10.2 Å². The molecule has 1 unspecified atom stereocenters. The highest BCUT2D eigenvalue weighted by Gasteiger charge is 2.21. The quantitative estimate of drug-likeness (QED) is 0.357. The van der Waals surface area contributed by atoms with Crippen molar-refractivity contribution in [3.05, 3.63) is 114 Å². The van der Waals surface area contributed by atoms with Crippen LogP contribution in [0.2, 0.25) is 0 Å². The van der Waals surface area contributed by atoms with Crippen LogP contribution in [0, 0.1) is 6.92 Å². The molecule has 2 N–H and O–H groups in total. The summed E-state index contributed by atoms with van der Waals surface area (Å²) in [5.41, 5.74) is 4.39. The van der Waals surface area contributed by atoms with E-state index in [0.717, 1.165) is 49.4 Å². The Hall–Kier alpha value is -3.62. The van der Waals surface area contributed by atoms with Crippen LogP contribution in [-0.2, 0) is 0 Å². The van der Waals surface area contributed by atoms with Gasteiger partial charge in [0.1, 0.15) is 11.9 Å². The van der Waals surface area contributed by atoms with Crippen LogP contribution >= 0.6 is 0 Å². The highest BCUT2D eigenvalue weighted by molar-refractivity contribution is 6.08. The average Bonchev–Trinajstić information content (AvgIpc) is 2.79. The average molecular weight is 390 g/mol. The highest BCUT2D eigenvalue weighted by atomic mass is 16.3. The van der Waals surface area contributed by atoms with Crippen molar-refractivity contribution in [3.63, 3.8) is 0 Å². The van der Waals surface area contributed by atoms with Gasteiger partial charge in [-0.2, -0.15) is 0 Å². The third kappa shape index (κ3) is 3.02. The SMILES string of the molecule is Cc1ccc(C(O)c2ccc3ccccc3c2-c2c(O)ccc3ccccc23)cc1. The molecule has 0 radical (unpaired) electrons. The third-order valence-corrected chi connectivity index (χ3v) is 5.81. The number of hydrogen-bond donors (Lipinski definition) is 2. The van der Waals surface area contributed by atoms with E-state index in [2.05, 4.69) is 12.1 Å². The molecule has 0 aromatic heterocycles. The summed E-state index contributed by atoms with van der Waals surface area (Å²) in [6.07, 6.45) is -0.802. The lowest BCUT2D eigenvalue weighted by Crippen LogP contribution is -2.03. The standard InChI is InChI=1S/C28H22O2/c1-18-10-12-21(13-11-18)28(30)24-16-14-19-6-2-4-8-22(19)26(24)27-23-9-5-3-7-20(23)15-17-25(27)29/h2-17,28-30H,1H3. The minimum atomic E-state index is -0.802. The molecule has 0 amide bonds. The van der Waals surface area contributed by atoms with Crippen molar-refractivity contribution in [2.75, 3.05) is 0 Å². The van der Waals surface area contributed by atoms with E-state index in [-0.39, 0.29) is 5.75 Å². The number of aliphatic hydroxyl groups excluding tert-OH is 1. The predicted octanol–water partition coefficient (Wildman–Crippen LogP) is 6.76. The number of fused-ring (bicyclic) bond motifs is 2. The van der Waals surface area contributed by atoms with Gasteiger partial charge in [-0.3, -0.25) is 0 Å². The van der Waals surface area contributed by atoms with Gasteiger partial charge in [0.2, 0.25) is 0 Å². The van der Waals surface area contributed by atoms with Crippen LogP contribution in [0.5, 0.6) is 5.75 Å². The number of rotatable bonds is 3. The molecule has 5 aromatic rings. The van der Waals surface area contributed by atoms with Gasteiger partial charge in [-0.05, 0) is 51.2 Å². The number of phenols is 1. The molecular formula is C28H22O2. The van der Waals surface area contributed by atoms with E-state index < -0.39 is 6.10 Å². The zero-order chi connectivity index (χ0) is 20.7. The van der Waals surface area contributed by atoms with Crippen LogP contribution in [0.3, 0.4) is 0 Å². The molecular weight excluding hydrogens is 368 g/mol. The van der Waals surface area contributed by atoms with Crippen molar-refractivity contribution in [2.24, 2.45) is 0 Å². The Morgan fingerprint density at radius 2 is 1.17 bits per heavy atom. The summed E-state index contributed by atoms with van der Waals surface area (Å²) < 4.78 is 0. The maximum Gasteiger partial charge on any atom is 0.124 e. The molecule has 0 aliphatic heterocycles. The molecule has 0 fully saturated rings. The lowest BCUT2D eigenvalue weighted by Gasteiger charge is -2.21. The van der Waals surface area contributed by atoms with E-state index in [1.54, 1.807) is 6.07 Å². The zero-order valence-electron chi connectivity index (χ0n) is 16.7. The first-order valence-electron chi connectivity index (χ1n) is 10.1. The summed E-state index contributed by atoms with van der Waals surface area (Å²) in [5.74, 6) is 0.211. The maximum atomic E-state index is 11.4. The minimum Gasteiger partial charge on any atom is -0.507 e. The van der Waals surface area contributed by atoms with E-state index in [0.29, 0.717) is 0 Å². The molecule has 0 bridgehead atoms. The number of aryl methyl sites for hydroxylation is 1. The van der Waals surface area contributed by atoms with Gasteiger partial charge in [0.15, 0.2) is 0 Å². The van der Waals surface area contributed by atoms with E-state index >= 15 is 0 Å². The van der Waals surface area contributed by atoms with Crippen molar-refractivity contribution >= 4 is 21.5 Å². The molecule has 1 atom stereocenters. The highest BCUT2D eigenvalue weighted by Crippen LogP contribution is 2.44. The Morgan fingerprint density at radius 1 is 0.600 bits per heavy atom. The monoisotopic (exact) mass is 390 g/mol.